The van der Waals surface area contributed by atoms with E-state index in [-0.39, 0.29) is 5.95 Å². The summed E-state index contributed by atoms with van der Waals surface area (Å²) in [5, 5.41) is 28.9. The maximum atomic E-state index is 10.0. The first-order chi connectivity index (χ1) is 9.52. The van der Waals surface area contributed by atoms with Crippen molar-refractivity contribution >= 4 is 33.0 Å². The Labute approximate surface area is 121 Å². The maximum Gasteiger partial charge on any atom is 0.223 e. The quantitative estimate of drug-likeness (QED) is 0.496. The van der Waals surface area contributed by atoms with E-state index in [1.807, 2.05) is 0 Å². The van der Waals surface area contributed by atoms with Crippen molar-refractivity contribution in [2.24, 2.45) is 0 Å². The molecule has 3 heterocycles. The molecule has 108 valence electrons. The predicted molar refractivity (Wildman–Crippen MR) is 70.4 cm³/mol. The van der Waals surface area contributed by atoms with E-state index in [4.69, 9.17) is 15.6 Å². The monoisotopic (exact) mass is 345 g/mol. The van der Waals surface area contributed by atoms with Crippen LogP contribution < -0.4 is 5.73 Å². The number of hydrogen-bond acceptors (Lipinski definition) is 8. The van der Waals surface area contributed by atoms with Crippen molar-refractivity contribution in [3.05, 3.63) is 10.9 Å². The van der Waals surface area contributed by atoms with E-state index in [1.54, 1.807) is 0 Å². The third-order valence-corrected chi connectivity index (χ3v) is 3.74. The number of nitrogen functional groups attached to an aromatic ring is 1. The molecule has 1 saturated heterocycles. The van der Waals surface area contributed by atoms with Crippen LogP contribution in [0.3, 0.4) is 0 Å². The van der Waals surface area contributed by atoms with E-state index >= 15 is 0 Å². The zero-order valence-corrected chi connectivity index (χ0v) is 11.7. The molecule has 0 saturated carbocycles. The molecule has 1 fully saturated rings. The number of nitrogens with zero attached hydrogens (tertiary/aromatic N) is 4. The molecule has 2 aromatic heterocycles. The van der Waals surface area contributed by atoms with Gasteiger partial charge in [0.05, 0.1) is 12.9 Å². The molecular weight excluding hydrogens is 334 g/mol. The van der Waals surface area contributed by atoms with Crippen LogP contribution in [0.1, 0.15) is 6.23 Å². The van der Waals surface area contributed by atoms with Crippen molar-refractivity contribution in [1.82, 2.24) is 19.5 Å². The molecule has 9 nitrogen and oxygen atoms in total. The number of halogens is 1. The summed E-state index contributed by atoms with van der Waals surface area (Å²) in [5.41, 5.74) is 6.40. The summed E-state index contributed by atoms with van der Waals surface area (Å²) in [6.07, 6.45) is -2.77. The molecule has 0 radical (unpaired) electrons. The number of nitrogens with two attached hydrogens (primary N) is 1. The number of aromatic nitrogens is 4. The predicted octanol–water partition coefficient (Wildman–Crippen LogP) is -1.22. The Morgan fingerprint density at radius 2 is 2.10 bits per heavy atom. The van der Waals surface area contributed by atoms with Gasteiger partial charge in [0.25, 0.3) is 0 Å². The van der Waals surface area contributed by atoms with Crippen molar-refractivity contribution in [1.29, 1.82) is 0 Å². The lowest BCUT2D eigenvalue weighted by molar-refractivity contribution is -0.0511. The molecular formula is C10H12BrN5O4. The Balaban J connectivity index is 2.07. The number of fused-ring (bicyclic) bond motifs is 1. The lowest BCUT2D eigenvalue weighted by Gasteiger charge is -2.16. The topological polar surface area (TPSA) is 140 Å². The van der Waals surface area contributed by atoms with Gasteiger partial charge in [-0.15, -0.1) is 0 Å². The Bertz CT molecular complexity index is 650. The fraction of sp³-hybridized carbons (Fsp3) is 0.500. The van der Waals surface area contributed by atoms with E-state index in [9.17, 15) is 10.2 Å². The lowest BCUT2D eigenvalue weighted by atomic mass is 10.1. The molecule has 4 atom stereocenters. The van der Waals surface area contributed by atoms with Crippen LogP contribution in [0.2, 0.25) is 0 Å². The largest absolute Gasteiger partial charge is 0.394 e. The van der Waals surface area contributed by atoms with Crippen LogP contribution >= 0.6 is 15.9 Å². The van der Waals surface area contributed by atoms with E-state index in [2.05, 4.69) is 30.9 Å². The summed E-state index contributed by atoms with van der Waals surface area (Å²) in [5.74, 6) is 0.0397. The van der Waals surface area contributed by atoms with Crippen LogP contribution in [-0.4, -0.2) is 59.8 Å². The molecule has 0 aromatic carbocycles. The number of imidazole rings is 1. The van der Waals surface area contributed by atoms with Crippen LogP contribution in [0.5, 0.6) is 0 Å². The van der Waals surface area contributed by atoms with Crippen LogP contribution in [0.15, 0.2) is 10.9 Å². The van der Waals surface area contributed by atoms with Gasteiger partial charge >= 0.3 is 0 Å². The summed E-state index contributed by atoms with van der Waals surface area (Å²) in [7, 11) is 0. The Morgan fingerprint density at radius 1 is 1.35 bits per heavy atom. The van der Waals surface area contributed by atoms with Gasteiger partial charge in [-0.05, 0) is 15.9 Å². The number of hydrogen-bond donors (Lipinski definition) is 4. The molecule has 2 aromatic rings. The Kier molecular flexibility index (Phi) is 3.34. The van der Waals surface area contributed by atoms with Crippen molar-refractivity contribution in [2.45, 2.75) is 24.5 Å². The van der Waals surface area contributed by atoms with Crippen LogP contribution in [0, 0.1) is 0 Å². The number of ether oxygens (including phenoxy) is 1. The highest BCUT2D eigenvalue weighted by Crippen LogP contribution is 2.32. The van der Waals surface area contributed by atoms with Gasteiger partial charge in [0.15, 0.2) is 11.9 Å². The lowest BCUT2D eigenvalue weighted by Crippen LogP contribution is -2.33. The number of anilines is 1. The average molecular weight is 346 g/mol. The van der Waals surface area contributed by atoms with Crippen molar-refractivity contribution in [3.63, 3.8) is 0 Å². The number of rotatable bonds is 2. The molecule has 1 aliphatic rings. The molecule has 1 aliphatic heterocycles. The maximum absolute atomic E-state index is 10.0. The van der Waals surface area contributed by atoms with Crippen LogP contribution in [-0.2, 0) is 4.74 Å². The number of aliphatic hydroxyl groups excluding tert-OH is 3. The van der Waals surface area contributed by atoms with Crippen molar-refractivity contribution in [3.8, 4) is 0 Å². The summed E-state index contributed by atoms with van der Waals surface area (Å²) >= 11 is 3.22. The van der Waals surface area contributed by atoms with E-state index in [1.165, 1.54) is 10.9 Å². The van der Waals surface area contributed by atoms with Gasteiger partial charge in [0.1, 0.15) is 28.4 Å². The summed E-state index contributed by atoms with van der Waals surface area (Å²) in [6.45, 7) is -0.401. The first-order valence-corrected chi connectivity index (χ1v) is 6.60. The third kappa shape index (κ3) is 1.96. The zero-order chi connectivity index (χ0) is 14.4. The van der Waals surface area contributed by atoms with E-state index < -0.39 is 31.1 Å². The smallest absolute Gasteiger partial charge is 0.223 e. The molecule has 10 heteroatoms. The normalized spacial score (nSPS) is 30.2. The van der Waals surface area contributed by atoms with E-state index in [0.29, 0.717) is 15.8 Å². The second kappa shape index (κ2) is 4.90. The minimum atomic E-state index is -1.21. The van der Waals surface area contributed by atoms with Gasteiger partial charge in [-0.2, -0.15) is 4.98 Å². The first-order valence-electron chi connectivity index (χ1n) is 5.81. The SMILES string of the molecule is Nc1nc(Br)c2ncn([C@@H]3O[C@@H](CO)[C@@H](O)[C@H]3O)c2n1. The average Bonchev–Trinajstić information content (AvgIpc) is 2.93. The van der Waals surface area contributed by atoms with Gasteiger partial charge in [-0.25, -0.2) is 9.97 Å². The van der Waals surface area contributed by atoms with Gasteiger partial charge in [0.2, 0.25) is 5.95 Å². The first kappa shape index (κ1) is 13.6. The van der Waals surface area contributed by atoms with Gasteiger partial charge in [0, 0.05) is 0 Å². The molecule has 3 rings (SSSR count). The Morgan fingerprint density at radius 3 is 2.75 bits per heavy atom. The highest BCUT2D eigenvalue weighted by Gasteiger charge is 2.44. The molecule has 0 aliphatic carbocycles. The van der Waals surface area contributed by atoms with Crippen molar-refractivity contribution < 1.29 is 20.1 Å². The second-order valence-electron chi connectivity index (χ2n) is 4.43. The van der Waals surface area contributed by atoms with Gasteiger partial charge in [-0.1, -0.05) is 0 Å². The molecule has 0 amide bonds. The van der Waals surface area contributed by atoms with Crippen molar-refractivity contribution in [2.75, 3.05) is 12.3 Å². The zero-order valence-electron chi connectivity index (χ0n) is 10.1. The third-order valence-electron chi connectivity index (χ3n) is 3.19. The summed E-state index contributed by atoms with van der Waals surface area (Å²) in [6, 6.07) is 0. The fourth-order valence-corrected chi connectivity index (χ4v) is 2.66. The second-order valence-corrected chi connectivity index (χ2v) is 5.18. The molecule has 0 bridgehead atoms. The minimum Gasteiger partial charge on any atom is -0.394 e. The Hall–Kier alpha value is -1.33. The van der Waals surface area contributed by atoms with Gasteiger partial charge < -0.3 is 25.8 Å². The highest BCUT2D eigenvalue weighted by molar-refractivity contribution is 9.10. The summed E-state index contributed by atoms with van der Waals surface area (Å²) < 4.78 is 7.29. The van der Waals surface area contributed by atoms with E-state index in [0.717, 1.165) is 0 Å². The summed E-state index contributed by atoms with van der Waals surface area (Å²) in [4.78, 5) is 12.1. The molecule has 20 heavy (non-hydrogen) atoms. The highest BCUT2D eigenvalue weighted by atomic mass is 79.9. The molecule has 0 spiro atoms. The van der Waals surface area contributed by atoms with Crippen LogP contribution in [0.25, 0.3) is 11.2 Å². The molecule has 5 N–H and O–H groups in total. The number of aliphatic hydroxyl groups is 3. The molecule has 0 unspecified atom stereocenters. The minimum absolute atomic E-state index is 0.0397. The fourth-order valence-electron chi connectivity index (χ4n) is 2.19. The van der Waals surface area contributed by atoms with Gasteiger partial charge in [-0.3, -0.25) is 4.57 Å². The standard InChI is InChI=1S/C10H12BrN5O4/c11-7-4-8(15-10(12)14-7)16(2-13-4)9-6(19)5(18)3(1-17)20-9/h2-3,5-6,9,17-19H,1H2,(H2,12,14,15)/t3-,5+,6+,9+/m0/s1. The van der Waals surface area contributed by atoms with Crippen LogP contribution in [0.4, 0.5) is 5.95 Å².